The monoisotopic (exact) mass is 482 g/mol. The minimum atomic E-state index is -0.759. The second kappa shape index (κ2) is 10.7. The van der Waals surface area contributed by atoms with Gasteiger partial charge in [0.1, 0.15) is 0 Å². The van der Waals surface area contributed by atoms with Crippen molar-refractivity contribution in [2.45, 2.75) is 12.0 Å². The van der Waals surface area contributed by atoms with E-state index in [2.05, 4.69) is 10.6 Å². The van der Waals surface area contributed by atoms with E-state index in [1.165, 1.54) is 9.21 Å². The summed E-state index contributed by atoms with van der Waals surface area (Å²) in [6, 6.07) is 13.1. The lowest BCUT2D eigenvalue weighted by molar-refractivity contribution is -0.146. The Hall–Kier alpha value is -2.46. The molecular weight excluding hydrogens is 463 g/mol. The van der Waals surface area contributed by atoms with Crippen LogP contribution in [-0.2, 0) is 16.1 Å². The van der Waals surface area contributed by atoms with Gasteiger partial charge in [-0.2, -0.15) is 0 Å². The van der Waals surface area contributed by atoms with Crippen LogP contribution in [0.1, 0.15) is 15.9 Å². The predicted molar refractivity (Wildman–Crippen MR) is 119 cm³/mol. The van der Waals surface area contributed by atoms with Crippen molar-refractivity contribution in [2.24, 2.45) is 0 Å². The molecule has 0 saturated carbocycles. The van der Waals surface area contributed by atoms with Gasteiger partial charge in [0.25, 0.3) is 5.91 Å². The van der Waals surface area contributed by atoms with Gasteiger partial charge in [0.15, 0.2) is 12.2 Å². The van der Waals surface area contributed by atoms with Crippen molar-refractivity contribution in [3.05, 3.63) is 69.7 Å². The van der Waals surface area contributed by atoms with Crippen LogP contribution in [-0.4, -0.2) is 52.9 Å². The first-order valence-electron chi connectivity index (χ1n) is 9.23. The molecule has 8 nitrogen and oxygen atoms in total. The van der Waals surface area contributed by atoms with Crippen LogP contribution in [0.15, 0.2) is 48.5 Å². The van der Waals surface area contributed by atoms with Crippen LogP contribution in [0.3, 0.4) is 0 Å². The van der Waals surface area contributed by atoms with Gasteiger partial charge in [-0.1, -0.05) is 35.3 Å². The number of benzene rings is 2. The number of hydrogen-bond donors (Lipinski definition) is 2. The van der Waals surface area contributed by atoms with Crippen molar-refractivity contribution in [3.63, 3.8) is 0 Å². The fourth-order valence-electron chi connectivity index (χ4n) is 2.69. The SMILES string of the molecule is CNCC(=O)OCN1C(=O)N(Cc2ccc(Cl)cc2)SC1NC(=O)c1ccc(Cl)cc1. The number of hydrogen-bond acceptors (Lipinski definition) is 6. The molecule has 2 N–H and O–H groups in total. The van der Waals surface area contributed by atoms with Crippen LogP contribution in [0, 0.1) is 0 Å². The Morgan fingerprint density at radius 1 is 1.06 bits per heavy atom. The zero-order valence-electron chi connectivity index (χ0n) is 16.5. The first-order valence-corrected chi connectivity index (χ1v) is 10.8. The van der Waals surface area contributed by atoms with Gasteiger partial charge in [0.2, 0.25) is 0 Å². The zero-order valence-corrected chi connectivity index (χ0v) is 18.8. The summed E-state index contributed by atoms with van der Waals surface area (Å²) in [5.41, 5.74) is 0.494. The average molecular weight is 483 g/mol. The molecule has 164 valence electrons. The number of carbonyl (C=O) groups is 3. The van der Waals surface area contributed by atoms with Crippen LogP contribution in [0.2, 0.25) is 10.0 Å². The van der Waals surface area contributed by atoms with Crippen molar-refractivity contribution in [3.8, 4) is 0 Å². The zero-order chi connectivity index (χ0) is 22.4. The van der Waals surface area contributed by atoms with Gasteiger partial charge in [0, 0.05) is 27.6 Å². The Kier molecular flexibility index (Phi) is 8.03. The molecule has 11 heteroatoms. The minimum absolute atomic E-state index is 0.00542. The van der Waals surface area contributed by atoms with E-state index in [4.69, 9.17) is 27.9 Å². The number of nitrogens with zero attached hydrogens (tertiary/aromatic N) is 2. The van der Waals surface area contributed by atoms with Crippen LogP contribution in [0.5, 0.6) is 0 Å². The molecule has 31 heavy (non-hydrogen) atoms. The summed E-state index contributed by atoms with van der Waals surface area (Å²) in [5.74, 6) is -0.902. The number of esters is 1. The van der Waals surface area contributed by atoms with Gasteiger partial charge in [0.05, 0.1) is 13.1 Å². The third kappa shape index (κ3) is 6.27. The number of likely N-dealkylation sites (N-methyl/N-ethyl adjacent to an activating group) is 1. The highest BCUT2D eigenvalue weighted by Crippen LogP contribution is 2.31. The summed E-state index contributed by atoms with van der Waals surface area (Å²) < 4.78 is 6.65. The van der Waals surface area contributed by atoms with Crippen LogP contribution >= 0.6 is 35.1 Å². The molecule has 0 spiro atoms. The Morgan fingerprint density at radius 3 is 2.29 bits per heavy atom. The Morgan fingerprint density at radius 2 is 1.68 bits per heavy atom. The Balaban J connectivity index is 1.73. The summed E-state index contributed by atoms with van der Waals surface area (Å²) in [4.78, 5) is 38.6. The van der Waals surface area contributed by atoms with E-state index in [-0.39, 0.29) is 25.7 Å². The van der Waals surface area contributed by atoms with E-state index in [1.807, 2.05) is 12.1 Å². The van der Waals surface area contributed by atoms with E-state index >= 15 is 0 Å². The minimum Gasteiger partial charge on any atom is -0.443 e. The summed E-state index contributed by atoms with van der Waals surface area (Å²) in [6.45, 7) is -0.00453. The second-order valence-electron chi connectivity index (χ2n) is 6.53. The lowest BCUT2D eigenvalue weighted by atomic mass is 10.2. The van der Waals surface area contributed by atoms with Crippen molar-refractivity contribution in [2.75, 3.05) is 20.3 Å². The number of halogens is 2. The first-order chi connectivity index (χ1) is 14.9. The van der Waals surface area contributed by atoms with Crippen molar-refractivity contribution in [1.82, 2.24) is 19.8 Å². The number of nitrogens with one attached hydrogen (secondary N) is 2. The van der Waals surface area contributed by atoms with Gasteiger partial charge in [-0.3, -0.25) is 18.8 Å². The molecule has 1 fully saturated rings. The third-order valence-corrected chi connectivity index (χ3v) is 5.87. The lowest BCUT2D eigenvalue weighted by Crippen LogP contribution is -2.46. The van der Waals surface area contributed by atoms with E-state index in [0.717, 1.165) is 17.5 Å². The molecule has 3 rings (SSSR count). The molecule has 1 aliphatic rings. The summed E-state index contributed by atoms with van der Waals surface area (Å²) in [5, 5.41) is 6.58. The number of amides is 3. The normalized spacial score (nSPS) is 15.8. The van der Waals surface area contributed by atoms with E-state index in [1.54, 1.807) is 43.4 Å². The molecule has 1 aliphatic heterocycles. The van der Waals surface area contributed by atoms with E-state index in [0.29, 0.717) is 15.6 Å². The van der Waals surface area contributed by atoms with Gasteiger partial charge in [-0.05, 0) is 49.0 Å². The highest BCUT2D eigenvalue weighted by Gasteiger charge is 2.40. The Labute approximate surface area is 193 Å². The number of rotatable bonds is 8. The molecule has 2 aromatic rings. The quantitative estimate of drug-likeness (QED) is 0.442. The maximum atomic E-state index is 12.9. The topological polar surface area (TPSA) is 91.0 Å². The number of urea groups is 1. The summed E-state index contributed by atoms with van der Waals surface area (Å²) in [6.07, 6.45) is 0. The van der Waals surface area contributed by atoms with Gasteiger partial charge in [-0.15, -0.1) is 0 Å². The molecule has 2 aromatic carbocycles. The predicted octanol–water partition coefficient (Wildman–Crippen LogP) is 3.31. The molecule has 1 unspecified atom stereocenters. The van der Waals surface area contributed by atoms with Crippen LogP contribution in [0.4, 0.5) is 4.79 Å². The molecule has 0 radical (unpaired) electrons. The fourth-order valence-corrected chi connectivity index (χ4v) is 4.02. The Bertz CT molecular complexity index is 943. The summed E-state index contributed by atoms with van der Waals surface area (Å²) in [7, 11) is 1.61. The van der Waals surface area contributed by atoms with Crippen LogP contribution < -0.4 is 10.6 Å². The molecule has 3 amide bonds. The average Bonchev–Trinajstić information content (AvgIpc) is 3.03. The first kappa shape index (κ1) is 23.2. The number of ether oxygens (including phenoxy) is 1. The van der Waals surface area contributed by atoms with Gasteiger partial charge < -0.3 is 15.4 Å². The third-order valence-electron chi connectivity index (χ3n) is 4.26. The standard InChI is InChI=1S/C20H20Cl2N4O4S/c1-23-10-17(27)30-12-25-19(24-18(28)14-4-8-16(22)9-5-14)31-26(20(25)29)11-13-2-6-15(21)7-3-13/h2-9,19,23H,10-12H2,1H3,(H,24,28). The van der Waals surface area contributed by atoms with E-state index < -0.39 is 17.5 Å². The van der Waals surface area contributed by atoms with Gasteiger partial charge >= 0.3 is 12.0 Å². The molecule has 1 heterocycles. The highest BCUT2D eigenvalue weighted by atomic mass is 35.5. The summed E-state index contributed by atoms with van der Waals surface area (Å²) >= 11 is 12.9. The molecular formula is C20H20Cl2N4O4S. The van der Waals surface area contributed by atoms with Crippen molar-refractivity contribution in [1.29, 1.82) is 0 Å². The van der Waals surface area contributed by atoms with Crippen LogP contribution in [0.25, 0.3) is 0 Å². The second-order valence-corrected chi connectivity index (χ2v) is 8.50. The molecule has 1 saturated heterocycles. The maximum Gasteiger partial charge on any atom is 0.335 e. The smallest absolute Gasteiger partial charge is 0.335 e. The molecule has 0 aromatic heterocycles. The lowest BCUT2D eigenvalue weighted by Gasteiger charge is -2.22. The number of carbonyl (C=O) groups excluding carboxylic acids is 3. The van der Waals surface area contributed by atoms with Gasteiger partial charge in [-0.25, -0.2) is 4.79 Å². The molecule has 0 bridgehead atoms. The fraction of sp³-hybridized carbons (Fsp3) is 0.250. The van der Waals surface area contributed by atoms with E-state index in [9.17, 15) is 14.4 Å². The molecule has 0 aliphatic carbocycles. The largest absolute Gasteiger partial charge is 0.443 e. The highest BCUT2D eigenvalue weighted by molar-refractivity contribution is 7.98. The van der Waals surface area contributed by atoms with Crippen molar-refractivity contribution < 1.29 is 19.1 Å². The van der Waals surface area contributed by atoms with Crippen molar-refractivity contribution >= 4 is 53.1 Å². The molecule has 1 atom stereocenters. The maximum absolute atomic E-state index is 12.9.